The summed E-state index contributed by atoms with van der Waals surface area (Å²) in [5.74, 6) is -1.18. The Morgan fingerprint density at radius 1 is 1.48 bits per heavy atom. The predicted octanol–water partition coefficient (Wildman–Crippen LogP) is 1.69. The summed E-state index contributed by atoms with van der Waals surface area (Å²) in [6.45, 7) is 0.373. The average molecular weight is 328 g/mol. The van der Waals surface area contributed by atoms with Crippen molar-refractivity contribution in [2.45, 2.75) is 12.5 Å². The molecule has 1 atom stereocenters. The van der Waals surface area contributed by atoms with Gasteiger partial charge in [0.2, 0.25) is 5.91 Å². The number of esters is 1. The topological polar surface area (TPSA) is 67.4 Å². The van der Waals surface area contributed by atoms with Crippen molar-refractivity contribution in [2.75, 3.05) is 17.7 Å². The zero-order chi connectivity index (χ0) is 15.2. The van der Waals surface area contributed by atoms with E-state index in [0.717, 1.165) is 11.8 Å². The van der Waals surface area contributed by atoms with Gasteiger partial charge in [-0.15, -0.1) is 0 Å². The van der Waals surface area contributed by atoms with Crippen molar-refractivity contribution >= 4 is 45.9 Å². The van der Waals surface area contributed by atoms with Crippen molar-refractivity contribution in [1.29, 1.82) is 0 Å². The molecule has 8 heteroatoms. The van der Waals surface area contributed by atoms with Crippen LogP contribution < -0.4 is 10.6 Å². The zero-order valence-corrected chi connectivity index (χ0v) is 12.6. The number of benzene rings is 1. The summed E-state index contributed by atoms with van der Waals surface area (Å²) in [7, 11) is 0. The van der Waals surface area contributed by atoms with Crippen LogP contribution in [0.2, 0.25) is 0 Å². The van der Waals surface area contributed by atoms with Crippen molar-refractivity contribution < 1.29 is 18.7 Å². The van der Waals surface area contributed by atoms with Gasteiger partial charge in [0, 0.05) is 6.42 Å². The highest BCUT2D eigenvalue weighted by atomic mass is 32.2. The van der Waals surface area contributed by atoms with E-state index in [1.165, 1.54) is 12.1 Å². The van der Waals surface area contributed by atoms with Crippen LogP contribution >= 0.6 is 24.0 Å². The van der Waals surface area contributed by atoms with E-state index in [4.69, 9.17) is 17.0 Å². The van der Waals surface area contributed by atoms with Crippen LogP contribution in [0.3, 0.4) is 0 Å². The number of thioether (sulfide) groups is 1. The smallest absolute Gasteiger partial charge is 0.328 e. The molecule has 1 amide bonds. The Kier molecular flexibility index (Phi) is 5.51. The third kappa shape index (κ3) is 4.68. The van der Waals surface area contributed by atoms with E-state index in [-0.39, 0.29) is 23.3 Å². The first-order valence-electron chi connectivity index (χ1n) is 6.20. The molecule has 0 saturated carbocycles. The molecule has 1 heterocycles. The lowest BCUT2D eigenvalue weighted by molar-refractivity contribution is -0.139. The molecule has 0 unspecified atom stereocenters. The summed E-state index contributed by atoms with van der Waals surface area (Å²) in [6.07, 6.45) is 0.557. The Morgan fingerprint density at radius 2 is 2.24 bits per heavy atom. The number of hydrogen-bond donors (Lipinski definition) is 2. The molecule has 1 aliphatic rings. The highest BCUT2D eigenvalue weighted by Gasteiger charge is 2.27. The number of thiocarbonyl (C=S) groups is 1. The highest BCUT2D eigenvalue weighted by Crippen LogP contribution is 2.14. The summed E-state index contributed by atoms with van der Waals surface area (Å²) in [6, 6.07) is 5.46. The van der Waals surface area contributed by atoms with Crippen molar-refractivity contribution in [3.8, 4) is 0 Å². The number of nitrogens with one attached hydrogen (secondary N) is 2. The second kappa shape index (κ2) is 7.37. The number of anilines is 1. The van der Waals surface area contributed by atoms with Gasteiger partial charge in [0.15, 0.2) is 0 Å². The van der Waals surface area contributed by atoms with Crippen molar-refractivity contribution in [3.63, 3.8) is 0 Å². The fourth-order valence-corrected chi connectivity index (χ4v) is 2.57. The van der Waals surface area contributed by atoms with Gasteiger partial charge in [0.25, 0.3) is 0 Å². The number of hydrogen-bond acceptors (Lipinski definition) is 5. The summed E-state index contributed by atoms with van der Waals surface area (Å²) < 4.78 is 18.5. The second-order valence-electron chi connectivity index (χ2n) is 4.26. The first kappa shape index (κ1) is 15.7. The van der Waals surface area contributed by atoms with E-state index in [0.29, 0.717) is 17.3 Å². The minimum atomic E-state index is -0.495. The number of carbonyl (C=O) groups excluding carboxylic acids is 2. The molecule has 112 valence electrons. The minimum absolute atomic E-state index is 0.0297. The van der Waals surface area contributed by atoms with Gasteiger partial charge in [-0.25, -0.2) is 9.18 Å². The molecule has 2 rings (SSSR count). The molecule has 0 spiro atoms. The summed E-state index contributed by atoms with van der Waals surface area (Å²) in [4.78, 5) is 22.9. The molecule has 21 heavy (non-hydrogen) atoms. The van der Waals surface area contributed by atoms with E-state index in [2.05, 4.69) is 10.6 Å². The monoisotopic (exact) mass is 328 g/mol. The SMILES string of the molecule is O=C(CSC(=S)N[C@H]1CCOC1=O)Nc1ccccc1F. The number of cyclic esters (lactones) is 1. The maximum Gasteiger partial charge on any atom is 0.328 e. The van der Waals surface area contributed by atoms with Crippen molar-refractivity contribution in [1.82, 2.24) is 5.32 Å². The van der Waals surface area contributed by atoms with Crippen LogP contribution in [0.5, 0.6) is 0 Å². The van der Waals surface area contributed by atoms with Crippen molar-refractivity contribution in [2.24, 2.45) is 0 Å². The number of para-hydroxylation sites is 1. The van der Waals surface area contributed by atoms with E-state index in [9.17, 15) is 14.0 Å². The summed E-state index contributed by atoms with van der Waals surface area (Å²) >= 11 is 6.12. The normalized spacial score (nSPS) is 17.2. The molecule has 1 aromatic rings. The largest absolute Gasteiger partial charge is 0.464 e. The molecular weight excluding hydrogens is 315 g/mol. The van der Waals surface area contributed by atoms with E-state index >= 15 is 0 Å². The van der Waals surface area contributed by atoms with E-state index in [1.54, 1.807) is 12.1 Å². The van der Waals surface area contributed by atoms with Gasteiger partial charge in [0.1, 0.15) is 16.2 Å². The van der Waals surface area contributed by atoms with Crippen LogP contribution in [0.1, 0.15) is 6.42 Å². The van der Waals surface area contributed by atoms with Crippen LogP contribution in [0, 0.1) is 5.82 Å². The van der Waals surface area contributed by atoms with Gasteiger partial charge in [-0.1, -0.05) is 36.1 Å². The average Bonchev–Trinajstić information content (AvgIpc) is 2.85. The molecule has 0 aromatic heterocycles. The van der Waals surface area contributed by atoms with Crippen molar-refractivity contribution in [3.05, 3.63) is 30.1 Å². The van der Waals surface area contributed by atoms with Gasteiger partial charge >= 0.3 is 5.97 Å². The predicted molar refractivity (Wildman–Crippen MR) is 82.6 cm³/mol. The van der Waals surface area contributed by atoms with E-state index < -0.39 is 11.9 Å². The standard InChI is InChI=1S/C13H13FN2O3S2/c14-8-3-1-2-4-9(8)15-11(17)7-21-13(20)16-10-5-6-19-12(10)18/h1-4,10H,5-7H2,(H,15,17)(H,16,20)/t10-/m0/s1. The van der Waals surface area contributed by atoms with Gasteiger partial charge in [-0.2, -0.15) is 0 Å². The lowest BCUT2D eigenvalue weighted by atomic mass is 10.3. The third-order valence-electron chi connectivity index (χ3n) is 2.71. The molecule has 1 aliphatic heterocycles. The molecule has 1 aromatic carbocycles. The molecule has 0 aliphatic carbocycles. The Balaban J connectivity index is 1.75. The first-order valence-corrected chi connectivity index (χ1v) is 7.60. The summed E-state index contributed by atoms with van der Waals surface area (Å²) in [5.41, 5.74) is 0.126. The lowest BCUT2D eigenvalue weighted by Gasteiger charge is -2.11. The third-order valence-corrected chi connectivity index (χ3v) is 3.97. The van der Waals surface area contributed by atoms with Gasteiger partial charge in [-0.05, 0) is 12.1 Å². The number of rotatable bonds is 4. The number of halogens is 1. The van der Waals surface area contributed by atoms with Gasteiger partial charge in [-0.3, -0.25) is 4.79 Å². The first-order chi connectivity index (χ1) is 10.1. The number of amides is 1. The number of carbonyl (C=O) groups is 2. The molecule has 2 N–H and O–H groups in total. The van der Waals surface area contributed by atoms with Crippen LogP contribution in [0.25, 0.3) is 0 Å². The van der Waals surface area contributed by atoms with Gasteiger partial charge < -0.3 is 15.4 Å². The molecule has 1 saturated heterocycles. The Morgan fingerprint density at radius 3 is 2.90 bits per heavy atom. The Bertz CT molecular complexity index is 568. The Labute approximate surface area is 130 Å². The quantitative estimate of drug-likeness (QED) is 0.648. The molecule has 0 radical (unpaired) electrons. The Hall–Kier alpha value is -1.67. The lowest BCUT2D eigenvalue weighted by Crippen LogP contribution is -2.36. The fourth-order valence-electron chi connectivity index (χ4n) is 1.69. The zero-order valence-electron chi connectivity index (χ0n) is 10.9. The number of ether oxygens (including phenoxy) is 1. The second-order valence-corrected chi connectivity index (χ2v) is 5.91. The van der Waals surface area contributed by atoms with Gasteiger partial charge in [0.05, 0.1) is 18.0 Å². The maximum absolute atomic E-state index is 13.4. The fraction of sp³-hybridized carbons (Fsp3) is 0.308. The van der Waals surface area contributed by atoms with E-state index in [1.807, 2.05) is 0 Å². The summed E-state index contributed by atoms with van der Waals surface area (Å²) in [5, 5.41) is 5.28. The van der Waals surface area contributed by atoms with Crippen LogP contribution in [0.4, 0.5) is 10.1 Å². The van der Waals surface area contributed by atoms with Crippen LogP contribution in [0.15, 0.2) is 24.3 Å². The molecule has 5 nitrogen and oxygen atoms in total. The highest BCUT2D eigenvalue weighted by molar-refractivity contribution is 8.23. The molecular formula is C13H13FN2O3S2. The molecule has 0 bridgehead atoms. The minimum Gasteiger partial charge on any atom is -0.464 e. The van der Waals surface area contributed by atoms with Crippen LogP contribution in [-0.2, 0) is 14.3 Å². The molecule has 1 fully saturated rings. The maximum atomic E-state index is 13.4. The van der Waals surface area contributed by atoms with Crippen LogP contribution in [-0.4, -0.2) is 34.6 Å².